The number of rotatable bonds is 5. The SMILES string of the molecule is COc1cc(C(=O)N2C[C@@H]3CCC[C@@H]32)cc(NC(=O)c2ccc3c(c2)ncn3C)c1OC. The average Bonchev–Trinajstić information content (AvgIpc) is 3.35. The van der Waals surface area contributed by atoms with E-state index >= 15 is 0 Å². The summed E-state index contributed by atoms with van der Waals surface area (Å²) in [5.74, 6) is 1.04. The number of fused-ring (bicyclic) bond motifs is 2. The zero-order chi connectivity index (χ0) is 22.4. The summed E-state index contributed by atoms with van der Waals surface area (Å²) in [6, 6.07) is 9.03. The van der Waals surface area contributed by atoms with Crippen LogP contribution in [0.2, 0.25) is 0 Å². The van der Waals surface area contributed by atoms with Crippen molar-refractivity contribution < 1.29 is 19.1 Å². The molecule has 8 nitrogen and oxygen atoms in total. The van der Waals surface area contributed by atoms with Crippen molar-refractivity contribution in [2.75, 3.05) is 26.1 Å². The van der Waals surface area contributed by atoms with Crippen molar-refractivity contribution in [1.82, 2.24) is 14.5 Å². The van der Waals surface area contributed by atoms with E-state index in [2.05, 4.69) is 10.3 Å². The lowest BCUT2D eigenvalue weighted by atomic mass is 9.91. The van der Waals surface area contributed by atoms with Crippen molar-refractivity contribution in [2.45, 2.75) is 25.3 Å². The number of nitrogens with one attached hydrogen (secondary N) is 1. The molecule has 1 saturated heterocycles. The van der Waals surface area contributed by atoms with Crippen molar-refractivity contribution in [1.29, 1.82) is 0 Å². The number of aryl methyl sites for hydroxylation is 1. The number of likely N-dealkylation sites (tertiary alicyclic amines) is 1. The van der Waals surface area contributed by atoms with Gasteiger partial charge in [-0.05, 0) is 49.1 Å². The highest BCUT2D eigenvalue weighted by Crippen LogP contribution is 2.42. The van der Waals surface area contributed by atoms with Gasteiger partial charge in [-0.2, -0.15) is 0 Å². The van der Waals surface area contributed by atoms with E-state index in [1.54, 1.807) is 30.6 Å². The van der Waals surface area contributed by atoms with E-state index in [4.69, 9.17) is 9.47 Å². The lowest BCUT2D eigenvalue weighted by molar-refractivity contribution is 0.0269. The Morgan fingerprint density at radius 2 is 1.94 bits per heavy atom. The molecule has 166 valence electrons. The van der Waals surface area contributed by atoms with Gasteiger partial charge in [0.15, 0.2) is 11.5 Å². The number of imidazole rings is 1. The fourth-order valence-electron chi connectivity index (χ4n) is 4.94. The Kier molecular flexibility index (Phi) is 5.00. The van der Waals surface area contributed by atoms with E-state index in [0.717, 1.165) is 24.0 Å². The van der Waals surface area contributed by atoms with Crippen LogP contribution in [0.3, 0.4) is 0 Å². The molecular formula is C24H26N4O4. The van der Waals surface area contributed by atoms with E-state index in [0.29, 0.717) is 40.3 Å². The first kappa shape index (κ1) is 20.4. The van der Waals surface area contributed by atoms with Crippen LogP contribution in [0.25, 0.3) is 11.0 Å². The third-order valence-electron chi connectivity index (χ3n) is 6.67. The second-order valence-electron chi connectivity index (χ2n) is 8.49. The van der Waals surface area contributed by atoms with Gasteiger partial charge in [0.1, 0.15) is 0 Å². The lowest BCUT2D eigenvalue weighted by Gasteiger charge is -2.44. The molecule has 2 atom stereocenters. The number of methoxy groups -OCH3 is 2. The van der Waals surface area contributed by atoms with Crippen LogP contribution in [0.15, 0.2) is 36.7 Å². The van der Waals surface area contributed by atoms with Gasteiger partial charge in [0.2, 0.25) is 0 Å². The molecule has 2 aromatic carbocycles. The number of anilines is 1. The van der Waals surface area contributed by atoms with Crippen LogP contribution in [0, 0.1) is 5.92 Å². The topological polar surface area (TPSA) is 85.7 Å². The number of nitrogens with zero attached hydrogens (tertiary/aromatic N) is 3. The minimum absolute atomic E-state index is 0.0421. The minimum Gasteiger partial charge on any atom is -0.493 e. The van der Waals surface area contributed by atoms with E-state index in [9.17, 15) is 9.59 Å². The molecule has 32 heavy (non-hydrogen) atoms. The van der Waals surface area contributed by atoms with Gasteiger partial charge >= 0.3 is 0 Å². The van der Waals surface area contributed by atoms with Gasteiger partial charge in [-0.3, -0.25) is 9.59 Å². The van der Waals surface area contributed by atoms with Gasteiger partial charge in [-0.15, -0.1) is 0 Å². The van der Waals surface area contributed by atoms with Gasteiger partial charge in [-0.25, -0.2) is 4.98 Å². The number of hydrogen-bond donors (Lipinski definition) is 1. The third kappa shape index (κ3) is 3.26. The van der Waals surface area contributed by atoms with Crippen LogP contribution in [0.1, 0.15) is 40.0 Å². The standard InChI is InChI=1S/C24H26N4O4/c1-27-13-25-17-9-14(7-8-20(17)27)23(29)26-18-10-16(11-21(31-2)22(18)32-3)24(30)28-12-15-5-4-6-19(15)28/h7-11,13,15,19H,4-6,12H2,1-3H3,(H,26,29)/t15-,19-/m0/s1. The number of hydrogen-bond acceptors (Lipinski definition) is 5. The number of ether oxygens (including phenoxy) is 2. The maximum Gasteiger partial charge on any atom is 0.255 e. The second-order valence-corrected chi connectivity index (χ2v) is 8.49. The van der Waals surface area contributed by atoms with Crippen LogP contribution >= 0.6 is 0 Å². The Balaban J connectivity index is 1.45. The first-order valence-electron chi connectivity index (χ1n) is 10.8. The number of amides is 2. The fourth-order valence-corrected chi connectivity index (χ4v) is 4.94. The van der Waals surface area contributed by atoms with Crippen LogP contribution in [0.5, 0.6) is 11.5 Å². The van der Waals surface area contributed by atoms with Gasteiger partial charge < -0.3 is 24.3 Å². The van der Waals surface area contributed by atoms with E-state index < -0.39 is 0 Å². The molecule has 2 fully saturated rings. The second kappa shape index (κ2) is 7.85. The molecule has 5 rings (SSSR count). The molecule has 1 N–H and O–H groups in total. The number of carbonyl (C=O) groups is 2. The van der Waals surface area contributed by atoms with Crippen molar-refractivity contribution in [3.63, 3.8) is 0 Å². The zero-order valence-corrected chi connectivity index (χ0v) is 18.4. The Morgan fingerprint density at radius 1 is 1.09 bits per heavy atom. The molecule has 0 unspecified atom stereocenters. The van der Waals surface area contributed by atoms with Crippen molar-refractivity contribution in [3.8, 4) is 11.5 Å². The Morgan fingerprint density at radius 3 is 2.69 bits per heavy atom. The highest BCUT2D eigenvalue weighted by atomic mass is 16.5. The predicted molar refractivity (Wildman–Crippen MR) is 120 cm³/mol. The van der Waals surface area contributed by atoms with E-state index in [1.165, 1.54) is 27.1 Å². The fraction of sp³-hybridized carbons (Fsp3) is 0.375. The van der Waals surface area contributed by atoms with Crippen LogP contribution in [-0.4, -0.2) is 53.1 Å². The molecular weight excluding hydrogens is 408 g/mol. The molecule has 1 aliphatic carbocycles. The van der Waals surface area contributed by atoms with Gasteiger partial charge in [-0.1, -0.05) is 6.42 Å². The maximum absolute atomic E-state index is 13.2. The lowest BCUT2D eigenvalue weighted by Crippen LogP contribution is -2.55. The summed E-state index contributed by atoms with van der Waals surface area (Å²) in [5.41, 5.74) is 3.00. The Labute approximate surface area is 186 Å². The molecule has 2 heterocycles. The van der Waals surface area contributed by atoms with Crippen LogP contribution in [-0.2, 0) is 7.05 Å². The molecule has 3 aromatic rings. The largest absolute Gasteiger partial charge is 0.493 e. The summed E-state index contributed by atoms with van der Waals surface area (Å²) in [7, 11) is 4.93. The number of aromatic nitrogens is 2. The smallest absolute Gasteiger partial charge is 0.255 e. The van der Waals surface area contributed by atoms with Crippen LogP contribution in [0.4, 0.5) is 5.69 Å². The summed E-state index contributed by atoms with van der Waals surface area (Å²) < 4.78 is 12.9. The monoisotopic (exact) mass is 434 g/mol. The van der Waals surface area contributed by atoms with Crippen molar-refractivity contribution in [3.05, 3.63) is 47.8 Å². The Bertz CT molecular complexity index is 1220. The summed E-state index contributed by atoms with van der Waals surface area (Å²) in [4.78, 5) is 32.5. The zero-order valence-electron chi connectivity index (χ0n) is 18.4. The average molecular weight is 434 g/mol. The maximum atomic E-state index is 13.2. The Hall–Kier alpha value is -3.55. The summed E-state index contributed by atoms with van der Waals surface area (Å²) in [6.07, 6.45) is 5.14. The molecule has 2 amide bonds. The number of benzene rings is 2. The molecule has 2 aliphatic rings. The van der Waals surface area contributed by atoms with E-state index in [-0.39, 0.29) is 11.8 Å². The molecule has 8 heteroatoms. The summed E-state index contributed by atoms with van der Waals surface area (Å²) in [6.45, 7) is 0.795. The number of carbonyl (C=O) groups excluding carboxylic acids is 2. The minimum atomic E-state index is -0.317. The summed E-state index contributed by atoms with van der Waals surface area (Å²) >= 11 is 0. The first-order valence-corrected chi connectivity index (χ1v) is 10.8. The highest BCUT2D eigenvalue weighted by Gasteiger charge is 2.44. The highest BCUT2D eigenvalue weighted by molar-refractivity contribution is 6.08. The van der Waals surface area contributed by atoms with Gasteiger partial charge in [0, 0.05) is 30.8 Å². The van der Waals surface area contributed by atoms with Crippen molar-refractivity contribution in [2.24, 2.45) is 13.0 Å². The van der Waals surface area contributed by atoms with E-state index in [1.807, 2.05) is 22.6 Å². The molecule has 0 radical (unpaired) electrons. The predicted octanol–water partition coefficient (Wildman–Crippen LogP) is 3.47. The molecule has 1 aromatic heterocycles. The molecule has 0 spiro atoms. The van der Waals surface area contributed by atoms with Crippen LogP contribution < -0.4 is 14.8 Å². The molecule has 0 bridgehead atoms. The molecule has 1 saturated carbocycles. The first-order chi connectivity index (χ1) is 15.5. The van der Waals surface area contributed by atoms with Crippen molar-refractivity contribution >= 4 is 28.5 Å². The quantitative estimate of drug-likeness (QED) is 0.665. The molecule has 1 aliphatic heterocycles. The normalized spacial score (nSPS) is 19.4. The third-order valence-corrected chi connectivity index (χ3v) is 6.67. The summed E-state index contributed by atoms with van der Waals surface area (Å²) in [5, 5.41) is 2.89. The van der Waals surface area contributed by atoms with Gasteiger partial charge in [0.25, 0.3) is 11.8 Å². The van der Waals surface area contributed by atoms with Gasteiger partial charge in [0.05, 0.1) is 37.3 Å².